The Bertz CT molecular complexity index is 91.2. The second-order valence-electron chi connectivity index (χ2n) is 2.87. The third kappa shape index (κ3) is 2.42. The summed E-state index contributed by atoms with van der Waals surface area (Å²) in [5.74, 6) is 0. The van der Waals surface area contributed by atoms with E-state index in [2.05, 4.69) is 0 Å². The molecule has 0 radical (unpaired) electrons. The van der Waals surface area contributed by atoms with Crippen LogP contribution in [0.5, 0.6) is 0 Å². The van der Waals surface area contributed by atoms with Crippen molar-refractivity contribution in [2.24, 2.45) is 0 Å². The van der Waals surface area contributed by atoms with Crippen molar-refractivity contribution < 1.29 is 4.57 Å². The van der Waals surface area contributed by atoms with Crippen molar-refractivity contribution in [1.29, 1.82) is 0 Å². The number of hydrogen-bond acceptors (Lipinski definition) is 1. The summed E-state index contributed by atoms with van der Waals surface area (Å²) >= 11 is 0. The zero-order valence-corrected chi connectivity index (χ0v) is 6.96. The lowest BCUT2D eigenvalue weighted by Gasteiger charge is -2.01. The van der Waals surface area contributed by atoms with Gasteiger partial charge in [-0.2, -0.15) is 0 Å². The lowest BCUT2D eigenvalue weighted by atomic mass is 10.3. The molecule has 0 spiro atoms. The second-order valence-corrected chi connectivity index (χ2v) is 5.60. The van der Waals surface area contributed by atoms with Crippen molar-refractivity contribution in [3.05, 3.63) is 0 Å². The van der Waals surface area contributed by atoms with Gasteiger partial charge in [0.05, 0.1) is 0 Å². The van der Waals surface area contributed by atoms with Gasteiger partial charge in [-0.15, -0.1) is 0 Å². The van der Waals surface area contributed by atoms with Crippen LogP contribution in [-0.4, -0.2) is 11.3 Å². The third-order valence-corrected chi connectivity index (χ3v) is 3.11. The summed E-state index contributed by atoms with van der Waals surface area (Å²) in [5.41, 5.74) is 0. The van der Waals surface area contributed by atoms with Gasteiger partial charge in [0, 0.05) is 0 Å². The summed E-state index contributed by atoms with van der Waals surface area (Å²) in [5, 5.41) is 0.0179. The zero-order chi connectivity index (χ0) is 6.78. The molecule has 0 aromatic heterocycles. The van der Waals surface area contributed by atoms with Crippen molar-refractivity contribution in [2.75, 3.05) is 6.16 Å². The first-order valence-corrected chi connectivity index (χ1v) is 4.37. The fraction of sp³-hybridized carbons (Fsp3) is 1.00. The van der Waals surface area contributed by atoms with Crippen molar-refractivity contribution in [3.63, 3.8) is 0 Å². The van der Waals surface area contributed by atoms with E-state index in [1.54, 1.807) is 0 Å². The van der Waals surface area contributed by atoms with Gasteiger partial charge in [0.25, 0.3) is 0 Å². The molecule has 0 fully saturated rings. The summed E-state index contributed by atoms with van der Waals surface area (Å²) in [4.78, 5) is 0. The first kappa shape index (κ1) is 8.10. The van der Waals surface area contributed by atoms with E-state index in [4.69, 9.17) is 0 Å². The van der Waals surface area contributed by atoms with Crippen LogP contribution in [0.3, 0.4) is 0 Å². The molecule has 0 bridgehead atoms. The molecule has 0 aliphatic heterocycles. The highest BCUT2D eigenvalue weighted by Crippen LogP contribution is 2.36. The Hall–Kier alpha value is 0.100. The van der Waals surface area contributed by atoms with Gasteiger partial charge in [0.1, 0.15) is 6.16 Å². The molecular weight excluding hydrogens is 119 g/mol. The maximum absolute atomic E-state index is 11.0. The maximum atomic E-state index is 11.0. The van der Waals surface area contributed by atoms with Gasteiger partial charge in [-0.1, -0.05) is 4.57 Å². The molecule has 0 aromatic rings. The van der Waals surface area contributed by atoms with Crippen LogP contribution < -0.4 is 0 Å². The fourth-order valence-corrected chi connectivity index (χ4v) is 1.42. The highest BCUT2D eigenvalue weighted by atomic mass is 31.1. The molecule has 0 N–H and O–H groups in total. The predicted octanol–water partition coefficient (Wildman–Crippen LogP) is 2.63. The standard InChI is InChI=1S/C6H14OP/c1-5-8(7)6(2,3)4/h5H2,1-4H3/q+1. The largest absolute Gasteiger partial charge is 0.343 e. The maximum Gasteiger partial charge on any atom is 0.343 e. The Kier molecular flexibility index (Phi) is 2.62. The SMILES string of the molecule is CC[P+](=O)C(C)(C)C. The summed E-state index contributed by atoms with van der Waals surface area (Å²) in [6.07, 6.45) is 0.804. The Morgan fingerprint density at radius 1 is 1.38 bits per heavy atom. The average Bonchev–Trinajstić information content (AvgIpc) is 1.62. The second kappa shape index (κ2) is 2.59. The van der Waals surface area contributed by atoms with Crippen LogP contribution in [-0.2, 0) is 4.57 Å². The minimum Gasteiger partial charge on any atom is -0.0742 e. The van der Waals surface area contributed by atoms with Gasteiger partial charge >= 0.3 is 7.80 Å². The van der Waals surface area contributed by atoms with Gasteiger partial charge in [-0.3, -0.25) is 0 Å². The van der Waals surface area contributed by atoms with Crippen LogP contribution in [0.25, 0.3) is 0 Å². The molecule has 0 aliphatic carbocycles. The Balaban J connectivity index is 3.82. The fourth-order valence-electron chi connectivity index (χ4n) is 0.474. The Morgan fingerprint density at radius 2 is 1.75 bits per heavy atom. The molecule has 0 rings (SSSR count). The van der Waals surface area contributed by atoms with Gasteiger partial charge in [0.2, 0.25) is 0 Å². The summed E-state index contributed by atoms with van der Waals surface area (Å²) in [7, 11) is -0.969. The first-order valence-electron chi connectivity index (χ1n) is 2.93. The number of hydrogen-bond donors (Lipinski definition) is 0. The van der Waals surface area contributed by atoms with Gasteiger partial charge in [0.15, 0.2) is 5.16 Å². The molecule has 1 nitrogen and oxygen atoms in total. The minimum atomic E-state index is -0.969. The van der Waals surface area contributed by atoms with Crippen molar-refractivity contribution in [3.8, 4) is 0 Å². The van der Waals surface area contributed by atoms with Crippen molar-refractivity contribution in [2.45, 2.75) is 32.9 Å². The van der Waals surface area contributed by atoms with Crippen LogP contribution in [0.15, 0.2) is 0 Å². The van der Waals surface area contributed by atoms with E-state index in [1.807, 2.05) is 27.7 Å². The highest BCUT2D eigenvalue weighted by Gasteiger charge is 2.31. The van der Waals surface area contributed by atoms with Crippen LogP contribution in [0.2, 0.25) is 0 Å². The molecule has 8 heavy (non-hydrogen) atoms. The van der Waals surface area contributed by atoms with Crippen molar-refractivity contribution in [1.82, 2.24) is 0 Å². The minimum absolute atomic E-state index is 0.0179. The van der Waals surface area contributed by atoms with Gasteiger partial charge < -0.3 is 0 Å². The Morgan fingerprint density at radius 3 is 1.75 bits per heavy atom. The monoisotopic (exact) mass is 133 g/mol. The van der Waals surface area contributed by atoms with E-state index in [9.17, 15) is 4.57 Å². The van der Waals surface area contributed by atoms with Crippen molar-refractivity contribution >= 4 is 7.80 Å². The summed E-state index contributed by atoms with van der Waals surface area (Å²) < 4.78 is 11.0. The molecule has 1 atom stereocenters. The molecule has 0 aromatic carbocycles. The number of rotatable bonds is 1. The van der Waals surface area contributed by atoms with Gasteiger partial charge in [-0.25, -0.2) is 0 Å². The molecule has 0 heterocycles. The smallest absolute Gasteiger partial charge is 0.0742 e. The molecule has 0 saturated heterocycles. The quantitative estimate of drug-likeness (QED) is 0.502. The normalized spacial score (nSPS) is 13.8. The Labute approximate surface area is 52.3 Å². The zero-order valence-electron chi connectivity index (χ0n) is 6.06. The van der Waals surface area contributed by atoms with E-state index in [0.717, 1.165) is 6.16 Å². The van der Waals surface area contributed by atoms with Crippen LogP contribution >= 0.6 is 7.80 Å². The molecule has 0 amide bonds. The topological polar surface area (TPSA) is 17.1 Å². The summed E-state index contributed by atoms with van der Waals surface area (Å²) in [6, 6.07) is 0. The molecule has 0 saturated carbocycles. The van der Waals surface area contributed by atoms with E-state index in [0.29, 0.717) is 0 Å². The molecular formula is C6H14OP+. The van der Waals surface area contributed by atoms with E-state index < -0.39 is 7.80 Å². The van der Waals surface area contributed by atoms with E-state index >= 15 is 0 Å². The molecule has 0 aliphatic rings. The van der Waals surface area contributed by atoms with Crippen LogP contribution in [0, 0.1) is 0 Å². The van der Waals surface area contributed by atoms with Crippen LogP contribution in [0.1, 0.15) is 27.7 Å². The molecule has 2 heteroatoms. The molecule has 48 valence electrons. The van der Waals surface area contributed by atoms with Gasteiger partial charge in [-0.05, 0) is 27.7 Å². The predicted molar refractivity (Wildman–Crippen MR) is 37.9 cm³/mol. The average molecular weight is 133 g/mol. The van der Waals surface area contributed by atoms with Crippen LogP contribution in [0.4, 0.5) is 0 Å². The molecule has 1 unspecified atom stereocenters. The van der Waals surface area contributed by atoms with E-state index in [1.165, 1.54) is 0 Å². The third-order valence-electron chi connectivity index (χ3n) is 1.04. The highest BCUT2D eigenvalue weighted by molar-refractivity contribution is 7.46. The van der Waals surface area contributed by atoms with E-state index in [-0.39, 0.29) is 5.16 Å². The summed E-state index contributed by atoms with van der Waals surface area (Å²) in [6.45, 7) is 7.99. The lowest BCUT2D eigenvalue weighted by molar-refractivity contribution is 0.566. The first-order chi connectivity index (χ1) is 3.48. The lowest BCUT2D eigenvalue weighted by Crippen LogP contribution is -2.07.